The van der Waals surface area contributed by atoms with Crippen LogP contribution in [-0.4, -0.2) is 26.3 Å². The third-order valence-corrected chi connectivity index (χ3v) is 11.4. The van der Waals surface area contributed by atoms with Gasteiger partial charge in [-0.1, -0.05) is 62.7 Å². The number of anilines is 1. The highest BCUT2D eigenvalue weighted by Crippen LogP contribution is 2.62. The Morgan fingerprint density at radius 1 is 0.850 bits per heavy atom. The number of nitrogens with zero attached hydrogens (tertiary/aromatic N) is 1. The average molecular weight is 552 g/mol. The highest BCUT2D eigenvalue weighted by atomic mass is 32.2. The van der Waals surface area contributed by atoms with E-state index in [9.17, 15) is 5.11 Å². The standard InChI is InChI=1S/C36H41NO2S/c1-7-35(8-2)15-17-36(18-16-35)28-12-10-9-11-25(28)34-27-21-33(31(39-6)20-26(27)30(38)22-29(34)36)40-32-14-13-24(37(4)5)19-23(32)3/h9-14,19-22,38H,7-8,15-18H2,1-6H3. The second kappa shape index (κ2) is 10.1. The number of rotatable bonds is 6. The van der Waals surface area contributed by atoms with Gasteiger partial charge in [-0.3, -0.25) is 0 Å². The van der Waals surface area contributed by atoms with Gasteiger partial charge < -0.3 is 14.7 Å². The van der Waals surface area contributed by atoms with E-state index in [1.807, 2.05) is 6.07 Å². The van der Waals surface area contributed by atoms with Gasteiger partial charge >= 0.3 is 0 Å². The second-order valence-electron chi connectivity index (χ2n) is 12.1. The van der Waals surface area contributed by atoms with Crippen LogP contribution < -0.4 is 9.64 Å². The third-order valence-electron chi connectivity index (χ3n) is 10.2. The summed E-state index contributed by atoms with van der Waals surface area (Å²) >= 11 is 1.74. The summed E-state index contributed by atoms with van der Waals surface area (Å²) < 4.78 is 5.89. The normalized spacial score (nSPS) is 16.6. The molecule has 1 N–H and O–H groups in total. The molecule has 1 fully saturated rings. The van der Waals surface area contributed by atoms with Gasteiger partial charge in [-0.25, -0.2) is 0 Å². The molecule has 0 atom stereocenters. The Morgan fingerprint density at radius 3 is 2.23 bits per heavy atom. The van der Waals surface area contributed by atoms with Crippen LogP contribution in [0.25, 0.3) is 21.9 Å². The van der Waals surface area contributed by atoms with Crippen molar-refractivity contribution in [3.63, 3.8) is 0 Å². The van der Waals surface area contributed by atoms with Crippen LogP contribution in [0.1, 0.15) is 69.1 Å². The minimum Gasteiger partial charge on any atom is -0.507 e. The van der Waals surface area contributed by atoms with Crippen LogP contribution in [0.4, 0.5) is 5.69 Å². The van der Waals surface area contributed by atoms with E-state index < -0.39 is 0 Å². The molecular formula is C36H41NO2S. The first-order chi connectivity index (χ1) is 19.3. The molecule has 1 spiro atoms. The van der Waals surface area contributed by atoms with E-state index in [1.54, 1.807) is 18.9 Å². The lowest BCUT2D eigenvalue weighted by atomic mass is 9.58. The topological polar surface area (TPSA) is 32.7 Å². The Morgan fingerprint density at radius 2 is 1.57 bits per heavy atom. The maximum atomic E-state index is 11.5. The first-order valence-corrected chi connectivity index (χ1v) is 15.5. The number of fused-ring (bicyclic) bond motifs is 7. The van der Waals surface area contributed by atoms with Gasteiger partial charge in [0, 0.05) is 35.5 Å². The van der Waals surface area contributed by atoms with Crippen molar-refractivity contribution < 1.29 is 9.84 Å². The molecule has 4 aromatic rings. The first-order valence-electron chi connectivity index (χ1n) is 14.7. The number of methoxy groups -OCH3 is 1. The molecule has 4 aromatic carbocycles. The van der Waals surface area contributed by atoms with E-state index in [1.165, 1.54) is 64.1 Å². The number of phenolic OH excluding ortho intramolecular Hbond substituents is 1. The zero-order valence-electron chi connectivity index (χ0n) is 24.7. The summed E-state index contributed by atoms with van der Waals surface area (Å²) in [7, 11) is 5.86. The van der Waals surface area contributed by atoms with Crippen molar-refractivity contribution in [3.8, 4) is 22.6 Å². The maximum absolute atomic E-state index is 11.5. The first kappa shape index (κ1) is 27.1. The molecule has 0 bridgehead atoms. The smallest absolute Gasteiger partial charge is 0.133 e. The molecule has 4 heteroatoms. The summed E-state index contributed by atoms with van der Waals surface area (Å²) in [6.45, 7) is 6.89. The molecule has 40 heavy (non-hydrogen) atoms. The van der Waals surface area contributed by atoms with Crippen LogP contribution in [0.15, 0.2) is 70.5 Å². The predicted octanol–water partition coefficient (Wildman–Crippen LogP) is 9.73. The van der Waals surface area contributed by atoms with E-state index >= 15 is 0 Å². The summed E-state index contributed by atoms with van der Waals surface area (Å²) in [5.74, 6) is 1.14. The summed E-state index contributed by atoms with van der Waals surface area (Å²) in [5.41, 5.74) is 8.23. The molecule has 1 saturated carbocycles. The van der Waals surface area contributed by atoms with Gasteiger partial charge in [0.15, 0.2) is 0 Å². The number of hydrogen-bond acceptors (Lipinski definition) is 4. The highest BCUT2D eigenvalue weighted by molar-refractivity contribution is 7.99. The minimum atomic E-state index is -0.0305. The van der Waals surface area contributed by atoms with Crippen LogP contribution >= 0.6 is 11.8 Å². The maximum Gasteiger partial charge on any atom is 0.133 e. The van der Waals surface area contributed by atoms with Crippen LogP contribution in [0.3, 0.4) is 0 Å². The van der Waals surface area contributed by atoms with Gasteiger partial charge in [0.05, 0.1) is 12.0 Å². The van der Waals surface area contributed by atoms with Gasteiger partial charge in [-0.2, -0.15) is 0 Å². The molecule has 0 heterocycles. The SMILES string of the molecule is CCC1(CC)CCC2(CC1)c1ccccc1-c1c2cc(O)c2cc(OC)c(Sc3ccc(N(C)C)cc3C)cc12. The molecule has 0 radical (unpaired) electrons. The third kappa shape index (κ3) is 4.10. The number of benzene rings is 4. The molecular weight excluding hydrogens is 510 g/mol. The number of aromatic hydroxyl groups is 1. The lowest BCUT2D eigenvalue weighted by Crippen LogP contribution is -2.36. The Labute approximate surface area is 243 Å². The van der Waals surface area contributed by atoms with Crippen molar-refractivity contribution in [1.82, 2.24) is 0 Å². The highest BCUT2D eigenvalue weighted by Gasteiger charge is 2.49. The quantitative estimate of drug-likeness (QED) is 0.258. The van der Waals surface area contributed by atoms with Crippen LogP contribution in [0.2, 0.25) is 0 Å². The Bertz CT molecular complexity index is 1590. The zero-order chi connectivity index (χ0) is 28.2. The van der Waals surface area contributed by atoms with Crippen LogP contribution in [0, 0.1) is 12.3 Å². The van der Waals surface area contributed by atoms with E-state index in [-0.39, 0.29) is 5.41 Å². The Hall–Kier alpha value is -3.11. The van der Waals surface area contributed by atoms with Gasteiger partial charge in [0.25, 0.3) is 0 Å². The molecule has 0 saturated heterocycles. The van der Waals surface area contributed by atoms with Crippen molar-refractivity contribution in [2.75, 3.05) is 26.1 Å². The van der Waals surface area contributed by atoms with Gasteiger partial charge in [-0.15, -0.1) is 0 Å². The zero-order valence-corrected chi connectivity index (χ0v) is 25.5. The lowest BCUT2D eigenvalue weighted by Gasteiger charge is -2.45. The van der Waals surface area contributed by atoms with Crippen molar-refractivity contribution in [2.45, 2.75) is 74.5 Å². The molecule has 6 rings (SSSR count). The molecule has 2 aliphatic carbocycles. The van der Waals surface area contributed by atoms with E-state index in [0.29, 0.717) is 11.2 Å². The minimum absolute atomic E-state index is 0.0305. The van der Waals surface area contributed by atoms with Crippen LogP contribution in [-0.2, 0) is 5.41 Å². The fourth-order valence-electron chi connectivity index (χ4n) is 7.43. The largest absolute Gasteiger partial charge is 0.507 e. The summed E-state index contributed by atoms with van der Waals surface area (Å²) in [6, 6.07) is 22.0. The van der Waals surface area contributed by atoms with E-state index in [2.05, 4.69) is 94.4 Å². The second-order valence-corrected chi connectivity index (χ2v) is 13.2. The fraction of sp³-hybridized carbons (Fsp3) is 0.389. The Balaban J connectivity index is 1.53. The lowest BCUT2D eigenvalue weighted by molar-refractivity contribution is 0.133. The monoisotopic (exact) mass is 551 g/mol. The van der Waals surface area contributed by atoms with Crippen LogP contribution in [0.5, 0.6) is 11.5 Å². The average Bonchev–Trinajstić information content (AvgIpc) is 3.23. The predicted molar refractivity (Wildman–Crippen MR) is 169 cm³/mol. The number of phenols is 1. The molecule has 2 aliphatic rings. The van der Waals surface area contributed by atoms with Gasteiger partial charge in [-0.05, 0) is 108 Å². The number of ether oxygens (including phenoxy) is 1. The van der Waals surface area contributed by atoms with E-state index in [4.69, 9.17) is 4.74 Å². The van der Waals surface area contributed by atoms with Crippen molar-refractivity contribution in [2.24, 2.45) is 5.41 Å². The Kier molecular flexibility index (Phi) is 6.81. The molecule has 0 aromatic heterocycles. The molecule has 0 amide bonds. The molecule has 0 aliphatic heterocycles. The van der Waals surface area contributed by atoms with Crippen molar-refractivity contribution in [3.05, 3.63) is 77.4 Å². The number of aryl methyl sites for hydroxylation is 1. The number of hydrogen-bond donors (Lipinski definition) is 1. The van der Waals surface area contributed by atoms with Gasteiger partial charge in [0.2, 0.25) is 0 Å². The van der Waals surface area contributed by atoms with Gasteiger partial charge in [0.1, 0.15) is 11.5 Å². The van der Waals surface area contributed by atoms with Crippen molar-refractivity contribution >= 4 is 28.2 Å². The molecule has 0 unspecified atom stereocenters. The van der Waals surface area contributed by atoms with Crippen molar-refractivity contribution in [1.29, 1.82) is 0 Å². The molecule has 208 valence electrons. The summed E-state index contributed by atoms with van der Waals surface area (Å²) in [6.07, 6.45) is 7.23. The fourth-order valence-corrected chi connectivity index (χ4v) is 8.44. The summed E-state index contributed by atoms with van der Waals surface area (Å²) in [4.78, 5) is 4.41. The summed E-state index contributed by atoms with van der Waals surface area (Å²) in [5, 5.41) is 13.5. The molecule has 3 nitrogen and oxygen atoms in total. The van der Waals surface area contributed by atoms with E-state index in [0.717, 1.165) is 34.3 Å².